The first-order valence-corrected chi connectivity index (χ1v) is 7.43. The van der Waals surface area contributed by atoms with Gasteiger partial charge in [0.2, 0.25) is 0 Å². The molecule has 116 valence electrons. The zero-order valence-corrected chi connectivity index (χ0v) is 13.1. The lowest BCUT2D eigenvalue weighted by molar-refractivity contribution is 0.612. The Bertz CT molecular complexity index is 915. The molecule has 1 aromatic heterocycles. The van der Waals surface area contributed by atoms with Crippen LogP contribution in [0.5, 0.6) is 0 Å². The summed E-state index contributed by atoms with van der Waals surface area (Å²) in [7, 11) is 0. The number of nitrogens with zero attached hydrogens (tertiary/aromatic N) is 2. The number of aryl methyl sites for hydroxylation is 2. The van der Waals surface area contributed by atoms with Gasteiger partial charge in [0.1, 0.15) is 5.82 Å². The predicted molar refractivity (Wildman–Crippen MR) is 88.9 cm³/mol. The van der Waals surface area contributed by atoms with Gasteiger partial charge in [-0.15, -0.1) is 0 Å². The Morgan fingerprint density at radius 3 is 2.61 bits per heavy atom. The van der Waals surface area contributed by atoms with Crippen molar-refractivity contribution in [1.82, 2.24) is 9.78 Å². The fraction of sp³-hybridized carbons (Fsp3) is 0.158. The van der Waals surface area contributed by atoms with Gasteiger partial charge >= 0.3 is 0 Å². The smallest absolute Gasteiger partial charge is 0.267 e. The molecule has 0 radical (unpaired) electrons. The van der Waals surface area contributed by atoms with Crippen LogP contribution in [0.25, 0.3) is 11.3 Å². The molecule has 3 rings (SSSR count). The first-order valence-electron chi connectivity index (χ1n) is 7.43. The van der Waals surface area contributed by atoms with E-state index >= 15 is 0 Å². The molecule has 0 bridgehead atoms. The highest BCUT2D eigenvalue weighted by molar-refractivity contribution is 5.63. The van der Waals surface area contributed by atoms with Crippen LogP contribution in [0.1, 0.15) is 16.7 Å². The predicted octanol–water partition coefficient (Wildman–Crippen LogP) is 3.71. The Balaban J connectivity index is 2.01. The normalized spacial score (nSPS) is 10.7. The monoisotopic (exact) mass is 308 g/mol. The van der Waals surface area contributed by atoms with Crippen LogP contribution in [0.2, 0.25) is 0 Å². The van der Waals surface area contributed by atoms with Gasteiger partial charge in [0.05, 0.1) is 12.2 Å². The second-order valence-corrected chi connectivity index (χ2v) is 5.66. The van der Waals surface area contributed by atoms with Crippen LogP contribution in [0.3, 0.4) is 0 Å². The lowest BCUT2D eigenvalue weighted by atomic mass is 10.0. The van der Waals surface area contributed by atoms with Crippen LogP contribution in [0, 0.1) is 19.7 Å². The Morgan fingerprint density at radius 2 is 1.87 bits per heavy atom. The molecule has 0 atom stereocenters. The van der Waals surface area contributed by atoms with Gasteiger partial charge in [0.15, 0.2) is 0 Å². The van der Waals surface area contributed by atoms with Crippen LogP contribution in [-0.4, -0.2) is 9.78 Å². The molecule has 23 heavy (non-hydrogen) atoms. The van der Waals surface area contributed by atoms with Crippen molar-refractivity contribution in [3.8, 4) is 11.3 Å². The zero-order valence-electron chi connectivity index (χ0n) is 13.1. The minimum absolute atomic E-state index is 0.206. The minimum atomic E-state index is -0.318. The van der Waals surface area contributed by atoms with Crippen molar-refractivity contribution in [2.24, 2.45) is 0 Å². The summed E-state index contributed by atoms with van der Waals surface area (Å²) in [6.07, 6.45) is 0. The highest BCUT2D eigenvalue weighted by atomic mass is 19.1. The molecule has 0 saturated heterocycles. The maximum Gasteiger partial charge on any atom is 0.267 e. The van der Waals surface area contributed by atoms with Crippen LogP contribution in [0.15, 0.2) is 59.4 Å². The van der Waals surface area contributed by atoms with Crippen molar-refractivity contribution in [2.45, 2.75) is 20.4 Å². The molecule has 0 fully saturated rings. The van der Waals surface area contributed by atoms with Gasteiger partial charge in [-0.1, -0.05) is 35.9 Å². The SMILES string of the molecule is Cc1ccc(-c2ccc(=O)n(Cc3cccc(F)c3)n2)c(C)c1. The maximum absolute atomic E-state index is 13.3. The fourth-order valence-electron chi connectivity index (χ4n) is 2.62. The Hall–Kier alpha value is -2.75. The average Bonchev–Trinajstić information content (AvgIpc) is 2.50. The summed E-state index contributed by atoms with van der Waals surface area (Å²) in [6.45, 7) is 4.30. The highest BCUT2D eigenvalue weighted by Gasteiger charge is 2.07. The van der Waals surface area contributed by atoms with Crippen molar-refractivity contribution in [3.63, 3.8) is 0 Å². The summed E-state index contributed by atoms with van der Waals surface area (Å²) < 4.78 is 14.7. The molecule has 0 aliphatic carbocycles. The first kappa shape index (κ1) is 15.2. The third kappa shape index (κ3) is 3.37. The molecule has 3 nitrogen and oxygen atoms in total. The van der Waals surface area contributed by atoms with E-state index in [1.54, 1.807) is 18.2 Å². The van der Waals surface area contributed by atoms with E-state index in [1.807, 2.05) is 26.0 Å². The van der Waals surface area contributed by atoms with Crippen molar-refractivity contribution in [1.29, 1.82) is 0 Å². The molecule has 3 aromatic rings. The summed E-state index contributed by atoms with van der Waals surface area (Å²) >= 11 is 0. The van der Waals surface area contributed by atoms with Gasteiger partial charge < -0.3 is 0 Å². The molecule has 0 saturated carbocycles. The quantitative estimate of drug-likeness (QED) is 0.739. The molecule has 0 aliphatic rings. The van der Waals surface area contributed by atoms with Crippen LogP contribution >= 0.6 is 0 Å². The fourth-order valence-corrected chi connectivity index (χ4v) is 2.62. The molecule has 4 heteroatoms. The van der Waals surface area contributed by atoms with E-state index in [0.717, 1.165) is 16.8 Å². The van der Waals surface area contributed by atoms with E-state index in [2.05, 4.69) is 11.2 Å². The lowest BCUT2D eigenvalue weighted by Gasteiger charge is -2.10. The molecule has 0 amide bonds. The van der Waals surface area contributed by atoms with Crippen molar-refractivity contribution in [2.75, 3.05) is 0 Å². The second-order valence-electron chi connectivity index (χ2n) is 5.66. The van der Waals surface area contributed by atoms with Gasteiger partial charge in [-0.25, -0.2) is 9.07 Å². The van der Waals surface area contributed by atoms with Crippen LogP contribution < -0.4 is 5.56 Å². The third-order valence-corrected chi connectivity index (χ3v) is 3.75. The third-order valence-electron chi connectivity index (χ3n) is 3.75. The van der Waals surface area contributed by atoms with Crippen LogP contribution in [0.4, 0.5) is 4.39 Å². The molecule has 0 unspecified atom stereocenters. The number of hydrogen-bond acceptors (Lipinski definition) is 2. The van der Waals surface area contributed by atoms with Gasteiger partial charge in [-0.2, -0.15) is 5.10 Å². The van der Waals surface area contributed by atoms with Gasteiger partial charge in [-0.3, -0.25) is 4.79 Å². The number of halogens is 1. The maximum atomic E-state index is 13.3. The molecule has 1 heterocycles. The number of hydrogen-bond donors (Lipinski definition) is 0. The lowest BCUT2D eigenvalue weighted by Crippen LogP contribution is -2.23. The molecule has 2 aromatic carbocycles. The number of benzene rings is 2. The van der Waals surface area contributed by atoms with Gasteiger partial charge in [0.25, 0.3) is 5.56 Å². The highest BCUT2D eigenvalue weighted by Crippen LogP contribution is 2.21. The topological polar surface area (TPSA) is 34.9 Å². The van der Waals surface area contributed by atoms with Gasteiger partial charge in [0, 0.05) is 11.6 Å². The molecule has 0 spiro atoms. The Kier molecular flexibility index (Phi) is 4.06. The van der Waals surface area contributed by atoms with E-state index < -0.39 is 0 Å². The second kappa shape index (κ2) is 6.16. The van der Waals surface area contributed by atoms with E-state index in [-0.39, 0.29) is 17.9 Å². The van der Waals surface area contributed by atoms with E-state index in [9.17, 15) is 9.18 Å². The molecular formula is C19H17FN2O. The molecule has 0 N–H and O–H groups in total. The standard InChI is InChI=1S/C19H17FN2O/c1-13-6-7-17(14(2)10-13)18-8-9-19(23)22(21-18)12-15-4-3-5-16(20)11-15/h3-11H,12H2,1-2H3. The van der Waals surface area contributed by atoms with Gasteiger partial charge in [-0.05, 0) is 43.2 Å². The number of rotatable bonds is 3. The first-order chi connectivity index (χ1) is 11.0. The van der Waals surface area contributed by atoms with E-state index in [4.69, 9.17) is 0 Å². The van der Waals surface area contributed by atoms with Crippen molar-refractivity contribution >= 4 is 0 Å². The van der Waals surface area contributed by atoms with E-state index in [0.29, 0.717) is 5.56 Å². The summed E-state index contributed by atoms with van der Waals surface area (Å²) in [5.41, 5.74) is 4.51. The van der Waals surface area contributed by atoms with Crippen molar-refractivity contribution < 1.29 is 4.39 Å². The Morgan fingerprint density at radius 1 is 1.04 bits per heavy atom. The number of aromatic nitrogens is 2. The molecular weight excluding hydrogens is 291 g/mol. The van der Waals surface area contributed by atoms with Crippen molar-refractivity contribution in [3.05, 3.63) is 87.5 Å². The summed E-state index contributed by atoms with van der Waals surface area (Å²) in [4.78, 5) is 12.0. The summed E-state index contributed by atoms with van der Waals surface area (Å²) in [6, 6.07) is 15.5. The average molecular weight is 308 g/mol. The van der Waals surface area contributed by atoms with Crippen LogP contribution in [-0.2, 0) is 6.54 Å². The minimum Gasteiger partial charge on any atom is -0.268 e. The summed E-state index contributed by atoms with van der Waals surface area (Å²) in [5.74, 6) is -0.318. The Labute approximate surface area is 134 Å². The summed E-state index contributed by atoms with van der Waals surface area (Å²) in [5, 5.41) is 4.44. The zero-order chi connectivity index (χ0) is 16.4. The largest absolute Gasteiger partial charge is 0.268 e. The van der Waals surface area contributed by atoms with E-state index in [1.165, 1.54) is 28.4 Å². The molecule has 0 aliphatic heterocycles.